The summed E-state index contributed by atoms with van der Waals surface area (Å²) in [7, 11) is 0. The minimum atomic E-state index is -1.65. The molecular weight excluding hydrogens is 294 g/mol. The van der Waals surface area contributed by atoms with Gasteiger partial charge in [-0.05, 0) is 34.1 Å². The number of carboxylic acids is 1. The van der Waals surface area contributed by atoms with Gasteiger partial charge in [0.05, 0.1) is 11.0 Å². The van der Waals surface area contributed by atoms with Crippen molar-refractivity contribution in [3.63, 3.8) is 0 Å². The molecule has 0 aliphatic rings. The van der Waals surface area contributed by atoms with Crippen LogP contribution < -0.4 is 5.32 Å². The number of benzene rings is 1. The molecule has 0 heterocycles. The zero-order valence-corrected chi connectivity index (χ0v) is 10.1. The smallest absolute Gasteiger partial charge is 0.334 e. The predicted molar refractivity (Wildman–Crippen MR) is 61.8 cm³/mol. The lowest BCUT2D eigenvalue weighted by molar-refractivity contribution is -0.146. The topological polar surface area (TPSA) is 107 Å². The third-order valence-electron chi connectivity index (χ3n) is 1.95. The SMILES string of the molecule is O=C(NCC(O)C(=O)O)c1ccc(Br)c(O)c1. The van der Waals surface area contributed by atoms with Crippen molar-refractivity contribution >= 4 is 27.8 Å². The highest BCUT2D eigenvalue weighted by molar-refractivity contribution is 9.10. The van der Waals surface area contributed by atoms with Crippen molar-refractivity contribution in [3.8, 4) is 5.75 Å². The molecule has 0 aromatic heterocycles. The fraction of sp³-hybridized carbons (Fsp3) is 0.200. The number of hydrogen-bond donors (Lipinski definition) is 4. The fourth-order valence-corrected chi connectivity index (χ4v) is 1.28. The van der Waals surface area contributed by atoms with Gasteiger partial charge < -0.3 is 20.6 Å². The Morgan fingerprint density at radius 1 is 1.41 bits per heavy atom. The molecule has 7 heteroatoms. The van der Waals surface area contributed by atoms with E-state index < -0.39 is 24.5 Å². The van der Waals surface area contributed by atoms with Crippen LogP contribution in [0.2, 0.25) is 0 Å². The molecule has 0 radical (unpaired) electrons. The van der Waals surface area contributed by atoms with Crippen LogP contribution in [0.5, 0.6) is 5.75 Å². The number of aliphatic hydroxyl groups is 1. The molecule has 1 atom stereocenters. The van der Waals surface area contributed by atoms with Crippen LogP contribution in [0.3, 0.4) is 0 Å². The largest absolute Gasteiger partial charge is 0.507 e. The minimum Gasteiger partial charge on any atom is -0.507 e. The molecule has 0 spiro atoms. The summed E-state index contributed by atoms with van der Waals surface area (Å²) in [5.74, 6) is -2.09. The van der Waals surface area contributed by atoms with Crippen molar-refractivity contribution in [2.24, 2.45) is 0 Å². The number of aliphatic carboxylic acids is 1. The number of hydrogen-bond acceptors (Lipinski definition) is 4. The molecule has 17 heavy (non-hydrogen) atoms. The molecule has 1 amide bonds. The van der Waals surface area contributed by atoms with Crippen molar-refractivity contribution in [1.82, 2.24) is 5.32 Å². The average molecular weight is 304 g/mol. The Morgan fingerprint density at radius 3 is 2.59 bits per heavy atom. The Balaban J connectivity index is 2.64. The Labute approximate surface area is 105 Å². The van der Waals surface area contributed by atoms with Crippen LogP contribution >= 0.6 is 15.9 Å². The van der Waals surface area contributed by atoms with Gasteiger partial charge >= 0.3 is 5.97 Å². The lowest BCUT2D eigenvalue weighted by atomic mass is 10.2. The van der Waals surface area contributed by atoms with Crippen molar-refractivity contribution in [1.29, 1.82) is 0 Å². The number of nitrogens with one attached hydrogen (secondary N) is 1. The van der Waals surface area contributed by atoms with E-state index in [4.69, 9.17) is 10.2 Å². The Morgan fingerprint density at radius 2 is 2.06 bits per heavy atom. The number of phenols is 1. The number of rotatable bonds is 4. The van der Waals surface area contributed by atoms with Gasteiger partial charge in [-0.15, -0.1) is 0 Å². The molecule has 0 bridgehead atoms. The minimum absolute atomic E-state index is 0.101. The first-order valence-corrected chi connectivity index (χ1v) is 5.38. The van der Waals surface area contributed by atoms with E-state index in [0.29, 0.717) is 4.47 Å². The molecule has 6 nitrogen and oxygen atoms in total. The summed E-state index contributed by atoms with van der Waals surface area (Å²) in [4.78, 5) is 21.8. The van der Waals surface area contributed by atoms with Gasteiger partial charge in [0.25, 0.3) is 5.91 Å². The van der Waals surface area contributed by atoms with Gasteiger partial charge in [-0.1, -0.05) is 0 Å². The van der Waals surface area contributed by atoms with Gasteiger partial charge in [0.1, 0.15) is 5.75 Å². The molecule has 0 aliphatic heterocycles. The highest BCUT2D eigenvalue weighted by atomic mass is 79.9. The lowest BCUT2D eigenvalue weighted by Crippen LogP contribution is -2.36. The van der Waals surface area contributed by atoms with E-state index in [2.05, 4.69) is 21.2 Å². The predicted octanol–water partition coefficient (Wildman–Crippen LogP) is 0.330. The van der Waals surface area contributed by atoms with Crippen LogP contribution in [0.1, 0.15) is 10.4 Å². The van der Waals surface area contributed by atoms with Crippen LogP contribution in [-0.4, -0.2) is 39.8 Å². The zero-order chi connectivity index (χ0) is 13.0. The molecule has 0 saturated carbocycles. The molecule has 1 aromatic carbocycles. The van der Waals surface area contributed by atoms with Crippen molar-refractivity contribution in [2.45, 2.75) is 6.10 Å². The van der Waals surface area contributed by atoms with E-state index in [1.54, 1.807) is 0 Å². The van der Waals surface area contributed by atoms with Crippen molar-refractivity contribution in [2.75, 3.05) is 6.54 Å². The molecule has 0 aliphatic carbocycles. The maximum atomic E-state index is 11.5. The number of aliphatic hydroxyl groups excluding tert-OH is 1. The van der Waals surface area contributed by atoms with E-state index >= 15 is 0 Å². The van der Waals surface area contributed by atoms with E-state index in [0.717, 1.165) is 0 Å². The van der Waals surface area contributed by atoms with E-state index in [9.17, 15) is 14.7 Å². The van der Waals surface area contributed by atoms with Gasteiger partial charge in [-0.25, -0.2) is 4.79 Å². The molecular formula is C10H10BrNO5. The Hall–Kier alpha value is -1.60. The van der Waals surface area contributed by atoms with Crippen molar-refractivity contribution in [3.05, 3.63) is 28.2 Å². The second kappa shape index (κ2) is 5.65. The van der Waals surface area contributed by atoms with Gasteiger partial charge in [0.2, 0.25) is 0 Å². The summed E-state index contributed by atoms with van der Waals surface area (Å²) in [5, 5.41) is 28.9. The Bertz CT molecular complexity index is 448. The standard InChI is InChI=1S/C10H10BrNO5/c11-6-2-1-5(3-7(6)13)9(15)12-4-8(14)10(16)17/h1-3,8,13-14H,4H2,(H,12,15)(H,16,17). The van der Waals surface area contributed by atoms with Crippen LogP contribution in [0.15, 0.2) is 22.7 Å². The Kier molecular flexibility index (Phi) is 4.47. The quantitative estimate of drug-likeness (QED) is 0.641. The zero-order valence-electron chi connectivity index (χ0n) is 8.55. The molecule has 0 fully saturated rings. The van der Waals surface area contributed by atoms with Gasteiger partial charge in [-0.2, -0.15) is 0 Å². The van der Waals surface area contributed by atoms with Crippen LogP contribution in [0.4, 0.5) is 0 Å². The normalized spacial score (nSPS) is 11.9. The first-order chi connectivity index (χ1) is 7.91. The highest BCUT2D eigenvalue weighted by Crippen LogP contribution is 2.24. The molecule has 92 valence electrons. The summed E-state index contributed by atoms with van der Waals surface area (Å²) in [5.41, 5.74) is 0.170. The summed E-state index contributed by atoms with van der Waals surface area (Å²) in [6.45, 7) is -0.398. The number of carboxylic acid groups (broad SMARTS) is 1. The van der Waals surface area contributed by atoms with Crippen LogP contribution in [-0.2, 0) is 4.79 Å². The highest BCUT2D eigenvalue weighted by Gasteiger charge is 2.15. The van der Waals surface area contributed by atoms with Gasteiger partial charge in [-0.3, -0.25) is 4.79 Å². The van der Waals surface area contributed by atoms with Gasteiger partial charge in [0.15, 0.2) is 6.10 Å². The molecule has 1 rings (SSSR count). The fourth-order valence-electron chi connectivity index (χ4n) is 1.03. The van der Waals surface area contributed by atoms with Crippen LogP contribution in [0.25, 0.3) is 0 Å². The lowest BCUT2D eigenvalue weighted by Gasteiger charge is -2.08. The number of carbonyl (C=O) groups excluding carboxylic acids is 1. The van der Waals surface area contributed by atoms with Crippen molar-refractivity contribution < 1.29 is 24.9 Å². The van der Waals surface area contributed by atoms with E-state index in [1.165, 1.54) is 18.2 Å². The third kappa shape index (κ3) is 3.72. The first-order valence-electron chi connectivity index (χ1n) is 4.59. The molecule has 1 unspecified atom stereocenters. The number of amides is 1. The maximum absolute atomic E-state index is 11.5. The van der Waals surface area contributed by atoms with Crippen LogP contribution in [0, 0.1) is 0 Å². The van der Waals surface area contributed by atoms with E-state index in [1.807, 2.05) is 0 Å². The molecule has 0 saturated heterocycles. The van der Waals surface area contributed by atoms with Gasteiger partial charge in [0, 0.05) is 5.56 Å². The molecule has 4 N–H and O–H groups in total. The number of aromatic hydroxyl groups is 1. The second-order valence-electron chi connectivity index (χ2n) is 3.23. The first kappa shape index (κ1) is 13.5. The number of phenolic OH excluding ortho intramolecular Hbond substituents is 1. The second-order valence-corrected chi connectivity index (χ2v) is 4.08. The summed E-state index contributed by atoms with van der Waals surface area (Å²) in [6.07, 6.45) is -1.65. The maximum Gasteiger partial charge on any atom is 0.334 e. The average Bonchev–Trinajstić information content (AvgIpc) is 2.28. The monoisotopic (exact) mass is 303 g/mol. The summed E-state index contributed by atoms with van der Waals surface area (Å²) < 4.78 is 0.444. The number of halogens is 1. The number of carbonyl (C=O) groups is 2. The summed E-state index contributed by atoms with van der Waals surface area (Å²) >= 11 is 3.06. The molecule has 1 aromatic rings. The van der Waals surface area contributed by atoms with E-state index in [-0.39, 0.29) is 11.3 Å². The summed E-state index contributed by atoms with van der Waals surface area (Å²) in [6, 6.07) is 4.16. The third-order valence-corrected chi connectivity index (χ3v) is 2.62.